The summed E-state index contributed by atoms with van der Waals surface area (Å²) in [6, 6.07) is 0. The minimum Gasteiger partial charge on any atom is -0.481 e. The van der Waals surface area contributed by atoms with E-state index >= 15 is 0 Å². The van der Waals surface area contributed by atoms with Gasteiger partial charge < -0.3 is 25.5 Å². The number of hydrogen-bond acceptors (Lipinski definition) is 4. The number of carbonyl (C=O) groups is 4. The average Bonchev–Trinajstić information content (AvgIpc) is 3.59. The minimum absolute atomic E-state index is 0.0546. The van der Waals surface area contributed by atoms with Crippen molar-refractivity contribution in [2.75, 3.05) is 0 Å². The van der Waals surface area contributed by atoms with Gasteiger partial charge in [0.25, 0.3) is 5.91 Å². The number of carbonyl (C=O) groups excluding carboxylic acids is 2. The highest BCUT2D eigenvalue weighted by Crippen LogP contribution is 2.30. The van der Waals surface area contributed by atoms with Crippen molar-refractivity contribution in [3.8, 4) is 0 Å². The summed E-state index contributed by atoms with van der Waals surface area (Å²) in [5, 5.41) is 23.1. The lowest BCUT2D eigenvalue weighted by molar-refractivity contribution is -0.138. The maximum atomic E-state index is 12.4. The van der Waals surface area contributed by atoms with Gasteiger partial charge in [0, 0.05) is 46.2 Å². The van der Waals surface area contributed by atoms with Crippen molar-refractivity contribution < 1.29 is 29.4 Å². The molecule has 226 valence electrons. The van der Waals surface area contributed by atoms with Gasteiger partial charge in [-0.3, -0.25) is 19.2 Å². The van der Waals surface area contributed by atoms with E-state index in [-0.39, 0.29) is 37.0 Å². The summed E-state index contributed by atoms with van der Waals surface area (Å²) in [7, 11) is 0. The number of aromatic nitrogens is 2. The van der Waals surface area contributed by atoms with Crippen molar-refractivity contribution >= 4 is 47.7 Å². The van der Waals surface area contributed by atoms with Crippen LogP contribution in [0.2, 0.25) is 0 Å². The molecule has 0 spiro atoms. The number of allylic oxidation sites excluding steroid dienone is 3. The van der Waals surface area contributed by atoms with Gasteiger partial charge >= 0.3 is 11.9 Å². The standard InChI is InChI=1S/C33H38N4O6/c1-7-20-19(6)32(42)37-27(20)15-29-23(10-12-31(40)41)18(5)25(35-29)13-24-17(4)22(9-11-30(38)39)28(34-24)14-26-16(3)21(8-2)33(43)36-26/h7,13-15,19,34-35H,8-12H2,1-6H3,(H,37,42)(H,38,39)(H,40,41)/b20-7+,24-13+,27-15+,28-14-. The molecule has 43 heavy (non-hydrogen) atoms. The Labute approximate surface area is 249 Å². The Morgan fingerprint density at radius 3 is 2.12 bits per heavy atom. The molecule has 0 aromatic carbocycles. The van der Waals surface area contributed by atoms with Crippen LogP contribution in [-0.4, -0.2) is 49.6 Å². The Balaban J connectivity index is 1.88. The Bertz CT molecular complexity index is 1780. The van der Waals surface area contributed by atoms with E-state index in [1.165, 1.54) is 0 Å². The summed E-state index contributed by atoms with van der Waals surface area (Å²) in [5.74, 6) is -2.45. The van der Waals surface area contributed by atoms with Crippen LogP contribution in [0.25, 0.3) is 18.2 Å². The van der Waals surface area contributed by atoms with E-state index in [2.05, 4.69) is 20.3 Å². The normalized spacial score (nSPS) is 19.8. The molecule has 2 amide bonds. The number of carboxylic acids is 2. The van der Waals surface area contributed by atoms with Crippen molar-refractivity contribution in [2.45, 2.75) is 73.6 Å². The Hall–Kier alpha value is -4.73. The second-order valence-corrected chi connectivity index (χ2v) is 11.0. The highest BCUT2D eigenvalue weighted by Gasteiger charge is 2.29. The fourth-order valence-corrected chi connectivity index (χ4v) is 5.77. The number of nitrogens with zero attached hydrogens (tertiary/aromatic N) is 1. The molecule has 10 heteroatoms. The molecule has 2 aliphatic rings. The summed E-state index contributed by atoms with van der Waals surface area (Å²) in [5.41, 5.74) is 8.43. The molecule has 0 saturated carbocycles. The van der Waals surface area contributed by atoms with Crippen LogP contribution in [0.4, 0.5) is 0 Å². The van der Waals surface area contributed by atoms with Crippen LogP contribution in [0.5, 0.6) is 0 Å². The highest BCUT2D eigenvalue weighted by molar-refractivity contribution is 6.30. The van der Waals surface area contributed by atoms with Crippen molar-refractivity contribution in [3.63, 3.8) is 0 Å². The smallest absolute Gasteiger partial charge is 0.303 e. The molecule has 1 fully saturated rings. The van der Waals surface area contributed by atoms with E-state index in [0.717, 1.165) is 44.4 Å². The minimum atomic E-state index is -0.912. The first kappa shape index (κ1) is 31.2. The Kier molecular flexibility index (Phi) is 9.18. The zero-order valence-electron chi connectivity index (χ0n) is 25.4. The summed E-state index contributed by atoms with van der Waals surface area (Å²) < 4.78 is 0. The van der Waals surface area contributed by atoms with Crippen LogP contribution in [-0.2, 0) is 32.0 Å². The van der Waals surface area contributed by atoms with Crippen LogP contribution in [0.1, 0.15) is 80.6 Å². The van der Waals surface area contributed by atoms with E-state index in [1.807, 2.05) is 59.8 Å². The van der Waals surface area contributed by atoms with Crippen molar-refractivity contribution in [3.05, 3.63) is 72.8 Å². The largest absolute Gasteiger partial charge is 0.481 e. The molecule has 0 aliphatic carbocycles. The van der Waals surface area contributed by atoms with Crippen LogP contribution in [0, 0.1) is 19.8 Å². The molecular weight excluding hydrogens is 548 g/mol. The van der Waals surface area contributed by atoms with E-state index in [1.54, 1.807) is 6.08 Å². The summed E-state index contributed by atoms with van der Waals surface area (Å²) in [6.07, 6.45) is 8.52. The lowest BCUT2D eigenvalue weighted by Crippen LogP contribution is -2.16. The maximum Gasteiger partial charge on any atom is 0.303 e. The monoisotopic (exact) mass is 586 g/mol. The molecule has 0 bridgehead atoms. The quantitative estimate of drug-likeness (QED) is 0.286. The molecule has 1 saturated heterocycles. The first-order valence-electron chi connectivity index (χ1n) is 14.4. The van der Waals surface area contributed by atoms with E-state index in [9.17, 15) is 29.4 Å². The topological polar surface area (TPSA) is 165 Å². The number of nitrogens with one attached hydrogen (secondary N) is 3. The number of H-pyrrole nitrogens is 2. The maximum absolute atomic E-state index is 12.4. The molecule has 2 aliphatic heterocycles. The van der Waals surface area contributed by atoms with E-state index in [4.69, 9.17) is 0 Å². The van der Waals surface area contributed by atoms with Gasteiger partial charge in [0.1, 0.15) is 0 Å². The average molecular weight is 587 g/mol. The fourth-order valence-electron chi connectivity index (χ4n) is 5.77. The molecule has 2 aromatic rings. The number of carboxylic acid groups (broad SMARTS) is 2. The SMILES string of the molecule is C/C=C1/C(=C\c2[nH]c(/C=c3/[nH]/c(=C\C4=NC(=O)C(CC)=C4C)c(CCC(=O)O)c3C)c(C)c2CCC(=O)O)NC(=O)C1C. The third-order valence-corrected chi connectivity index (χ3v) is 8.35. The number of hydrogen-bond donors (Lipinski definition) is 5. The number of aromatic amines is 2. The van der Waals surface area contributed by atoms with Gasteiger partial charge in [0.05, 0.1) is 11.6 Å². The van der Waals surface area contributed by atoms with Gasteiger partial charge in [0.15, 0.2) is 0 Å². The predicted molar refractivity (Wildman–Crippen MR) is 165 cm³/mol. The molecule has 4 heterocycles. The second-order valence-electron chi connectivity index (χ2n) is 11.0. The lowest BCUT2D eigenvalue weighted by atomic mass is 10.00. The number of aliphatic carboxylic acids is 2. The van der Waals surface area contributed by atoms with Crippen LogP contribution < -0.4 is 16.0 Å². The molecule has 2 aromatic heterocycles. The fraction of sp³-hybridized carbons (Fsp3) is 0.364. The number of rotatable bonds is 10. The van der Waals surface area contributed by atoms with Gasteiger partial charge in [-0.2, -0.15) is 0 Å². The molecule has 4 rings (SSSR count). The predicted octanol–water partition coefficient (Wildman–Crippen LogP) is 3.36. The Morgan fingerprint density at radius 1 is 0.884 bits per heavy atom. The van der Waals surface area contributed by atoms with Gasteiger partial charge in [0.2, 0.25) is 5.91 Å². The van der Waals surface area contributed by atoms with Crippen molar-refractivity contribution in [1.82, 2.24) is 15.3 Å². The summed E-state index contributed by atoms with van der Waals surface area (Å²) in [4.78, 5) is 58.7. The third kappa shape index (κ3) is 6.38. The zero-order chi connectivity index (χ0) is 31.6. The van der Waals surface area contributed by atoms with E-state index < -0.39 is 11.9 Å². The molecule has 5 N–H and O–H groups in total. The molecule has 1 atom stereocenters. The van der Waals surface area contributed by atoms with Crippen molar-refractivity contribution in [1.29, 1.82) is 0 Å². The van der Waals surface area contributed by atoms with Gasteiger partial charge in [-0.05, 0) is 106 Å². The van der Waals surface area contributed by atoms with Crippen LogP contribution in [0.3, 0.4) is 0 Å². The van der Waals surface area contributed by atoms with Crippen LogP contribution in [0.15, 0.2) is 33.5 Å². The molecular formula is C33H38N4O6. The molecule has 0 radical (unpaired) electrons. The number of amides is 2. The van der Waals surface area contributed by atoms with E-state index in [0.29, 0.717) is 40.9 Å². The highest BCUT2D eigenvalue weighted by atomic mass is 16.4. The zero-order valence-corrected chi connectivity index (χ0v) is 25.4. The van der Waals surface area contributed by atoms with Gasteiger partial charge in [-0.1, -0.05) is 13.0 Å². The summed E-state index contributed by atoms with van der Waals surface area (Å²) in [6.45, 7) is 11.3. The number of aliphatic imine (C=N–C) groups is 1. The van der Waals surface area contributed by atoms with Crippen LogP contribution >= 0.6 is 0 Å². The van der Waals surface area contributed by atoms with Crippen molar-refractivity contribution in [2.24, 2.45) is 10.9 Å². The Morgan fingerprint density at radius 2 is 1.53 bits per heavy atom. The molecule has 1 unspecified atom stereocenters. The van der Waals surface area contributed by atoms with Gasteiger partial charge in [-0.25, -0.2) is 4.99 Å². The first-order chi connectivity index (χ1) is 20.4. The van der Waals surface area contributed by atoms with Gasteiger partial charge in [-0.15, -0.1) is 0 Å². The second kappa shape index (κ2) is 12.6. The molecule has 10 nitrogen and oxygen atoms in total. The lowest BCUT2D eigenvalue weighted by Gasteiger charge is -2.04. The summed E-state index contributed by atoms with van der Waals surface area (Å²) >= 11 is 0. The third-order valence-electron chi connectivity index (χ3n) is 8.35. The first-order valence-corrected chi connectivity index (χ1v) is 14.4.